The molecule has 1 nitrogen and oxygen atoms in total. The Labute approximate surface area is 511 Å². The zero-order valence-corrected chi connectivity index (χ0v) is 58.6. The Balaban J connectivity index is 8.15. The van der Waals surface area contributed by atoms with Crippen molar-refractivity contribution in [2.75, 3.05) is 21.1 Å². The number of hydrogen-bond acceptors (Lipinski definition) is 0. The van der Waals surface area contributed by atoms with Crippen molar-refractivity contribution in [3.05, 3.63) is 0 Å². The van der Waals surface area contributed by atoms with Crippen LogP contribution in [-0.2, 0) is 0 Å². The number of nitrogens with zero attached hydrogens (tertiary/aromatic N) is 1. The lowest BCUT2D eigenvalue weighted by molar-refractivity contribution is -0.937. The molecule has 0 aliphatic carbocycles. The molecular formula is C79H162N+. The minimum atomic E-state index is 0.317. The molecule has 0 rings (SSSR count). The molecular weight excluding hydrogens is 963 g/mol. The monoisotopic (exact) mass is 1130 g/mol. The maximum atomic E-state index is 2.81. The summed E-state index contributed by atoms with van der Waals surface area (Å²) < 4.78 is 1.21. The molecule has 0 aromatic carbocycles. The summed E-state index contributed by atoms with van der Waals surface area (Å²) in [6.07, 6.45) is 96.7. The van der Waals surface area contributed by atoms with Crippen molar-refractivity contribution in [1.82, 2.24) is 0 Å². The molecule has 0 amide bonds. The van der Waals surface area contributed by atoms with Crippen molar-refractivity contribution in [2.24, 2.45) is 10.8 Å². The highest BCUT2D eigenvalue weighted by atomic mass is 15.4. The molecule has 0 saturated carbocycles. The number of quaternary nitrogens is 1. The van der Waals surface area contributed by atoms with Crippen LogP contribution in [0, 0.1) is 10.8 Å². The average Bonchev–Trinajstić information content (AvgIpc) is 3.49. The van der Waals surface area contributed by atoms with E-state index >= 15 is 0 Å². The van der Waals surface area contributed by atoms with Gasteiger partial charge in [0.05, 0.1) is 21.1 Å². The summed E-state index contributed by atoms with van der Waals surface area (Å²) in [7, 11) is 8.43. The summed E-state index contributed by atoms with van der Waals surface area (Å²) in [4.78, 5) is 0. The molecule has 0 unspecified atom stereocenters. The van der Waals surface area contributed by atoms with E-state index in [1.165, 1.54) is 409 Å². The van der Waals surface area contributed by atoms with E-state index in [-0.39, 0.29) is 0 Å². The Kier molecular flexibility index (Phi) is 59.3. The summed E-state index contributed by atoms with van der Waals surface area (Å²) >= 11 is 0. The van der Waals surface area contributed by atoms with E-state index in [9.17, 15) is 0 Å². The number of unbranched alkanes of at least 4 members (excludes halogenated alkanes) is 52. The molecule has 0 aromatic rings. The fourth-order valence-electron chi connectivity index (χ4n) is 16.2. The number of hydrogen-bond donors (Lipinski definition) is 0. The Morgan fingerprint density at radius 1 is 0.163 bits per heavy atom. The second-order valence-corrected chi connectivity index (χ2v) is 29.0. The lowest BCUT2D eigenvalue weighted by Gasteiger charge is -2.66. The van der Waals surface area contributed by atoms with E-state index in [1.54, 1.807) is 19.3 Å². The molecule has 0 spiro atoms. The van der Waals surface area contributed by atoms with Crippen LogP contribution in [0.4, 0.5) is 0 Å². The van der Waals surface area contributed by atoms with Gasteiger partial charge in [0, 0.05) is 18.3 Å². The molecule has 0 aliphatic heterocycles. The molecule has 80 heavy (non-hydrogen) atoms. The SMILES string of the molecule is CCCCCCCCCCCCCC(CCCCCCCCCC)(CCCCCCCCCC)C(CCCCCCCCCC)(CCCCCCCCCC)C(CCCCCCCCCC)(CCCCCCCCCC)[N+](C)(C)C. The minimum absolute atomic E-state index is 0.317. The standard InChI is InChI=1S/C79H162N/c1-11-18-25-32-39-46-47-48-51-58-65-72-77(70-63-56-49-40-33-26-19-12-2,71-64-57-50-41-34-27-20-13-3)78(73-66-59-52-42-35-28-21-14-4,74-67-60-53-43-36-29-22-15-5)79(80(8,9)10,75-68-61-54-44-37-30-23-16-6)76-69-62-55-45-38-31-24-17-7/h11-76H2,1-10H3/q+1. The van der Waals surface area contributed by atoms with Gasteiger partial charge in [0.2, 0.25) is 0 Å². The van der Waals surface area contributed by atoms with Crippen LogP contribution in [0.1, 0.15) is 472 Å². The van der Waals surface area contributed by atoms with Gasteiger partial charge >= 0.3 is 0 Å². The summed E-state index contributed by atoms with van der Waals surface area (Å²) in [5, 5.41) is 0. The summed E-state index contributed by atoms with van der Waals surface area (Å²) in [6, 6.07) is 0. The molecule has 0 fully saturated rings. The molecule has 0 atom stereocenters. The van der Waals surface area contributed by atoms with Gasteiger partial charge in [-0.2, -0.15) is 0 Å². The fraction of sp³-hybridized carbons (Fsp3) is 1.00. The smallest absolute Gasteiger partial charge is 0.105 e. The molecule has 0 aromatic heterocycles. The Hall–Kier alpha value is -0.0400. The largest absolute Gasteiger partial charge is 0.326 e. The van der Waals surface area contributed by atoms with Crippen LogP contribution < -0.4 is 0 Å². The quantitative estimate of drug-likeness (QED) is 0.0421. The second-order valence-electron chi connectivity index (χ2n) is 29.0. The Morgan fingerprint density at radius 3 is 0.463 bits per heavy atom. The maximum absolute atomic E-state index is 2.81. The molecule has 0 aliphatic rings. The molecule has 0 bridgehead atoms. The van der Waals surface area contributed by atoms with Crippen molar-refractivity contribution >= 4 is 0 Å². The third-order valence-electron chi connectivity index (χ3n) is 21.3. The zero-order valence-electron chi connectivity index (χ0n) is 58.6. The Bertz CT molecular complexity index is 1100. The molecule has 0 saturated heterocycles. The lowest BCUT2D eigenvalue weighted by Crippen LogP contribution is -2.70. The van der Waals surface area contributed by atoms with E-state index in [0.717, 1.165) is 0 Å². The van der Waals surface area contributed by atoms with E-state index < -0.39 is 0 Å². The van der Waals surface area contributed by atoms with E-state index in [1.807, 2.05) is 0 Å². The van der Waals surface area contributed by atoms with Crippen LogP contribution >= 0.6 is 0 Å². The molecule has 482 valence electrons. The molecule has 0 N–H and O–H groups in total. The van der Waals surface area contributed by atoms with Crippen LogP contribution in [0.25, 0.3) is 0 Å². The molecule has 0 heterocycles. The van der Waals surface area contributed by atoms with Crippen molar-refractivity contribution < 1.29 is 4.48 Å². The van der Waals surface area contributed by atoms with Gasteiger partial charge in [0.15, 0.2) is 0 Å². The molecule has 1 heteroatoms. The number of rotatable bonds is 69. The first-order chi connectivity index (χ1) is 39.2. The van der Waals surface area contributed by atoms with Crippen LogP contribution in [0.3, 0.4) is 0 Å². The van der Waals surface area contributed by atoms with Crippen LogP contribution in [0.5, 0.6) is 0 Å². The molecule has 0 radical (unpaired) electrons. The van der Waals surface area contributed by atoms with Crippen LogP contribution in [-0.4, -0.2) is 31.2 Å². The van der Waals surface area contributed by atoms with Crippen molar-refractivity contribution in [3.8, 4) is 0 Å². The van der Waals surface area contributed by atoms with Gasteiger partial charge < -0.3 is 4.48 Å². The first-order valence-electron chi connectivity index (χ1n) is 39.0. The first kappa shape index (κ1) is 80.0. The predicted octanol–water partition coefficient (Wildman–Crippen LogP) is 29.3. The van der Waals surface area contributed by atoms with Crippen molar-refractivity contribution in [3.63, 3.8) is 0 Å². The highest BCUT2D eigenvalue weighted by molar-refractivity contribution is 5.10. The van der Waals surface area contributed by atoms with E-state index in [0.29, 0.717) is 16.4 Å². The average molecular weight is 1130 g/mol. The van der Waals surface area contributed by atoms with Crippen molar-refractivity contribution in [1.29, 1.82) is 0 Å². The topological polar surface area (TPSA) is 0 Å². The summed E-state index contributed by atoms with van der Waals surface area (Å²) in [5.41, 5.74) is 1.13. The van der Waals surface area contributed by atoms with Gasteiger partial charge in [0.1, 0.15) is 5.54 Å². The summed E-state index contributed by atoms with van der Waals surface area (Å²) in [5.74, 6) is 0. The predicted molar refractivity (Wildman–Crippen MR) is 370 cm³/mol. The van der Waals surface area contributed by atoms with Gasteiger partial charge in [-0.3, -0.25) is 0 Å². The van der Waals surface area contributed by atoms with Gasteiger partial charge in [-0.15, -0.1) is 0 Å². The summed E-state index contributed by atoms with van der Waals surface area (Å²) in [6.45, 7) is 16.8. The minimum Gasteiger partial charge on any atom is -0.326 e. The van der Waals surface area contributed by atoms with Crippen LogP contribution in [0.15, 0.2) is 0 Å². The van der Waals surface area contributed by atoms with E-state index in [2.05, 4.69) is 69.6 Å². The normalized spacial score (nSPS) is 12.7. The fourth-order valence-corrected chi connectivity index (χ4v) is 16.2. The highest BCUT2D eigenvalue weighted by Crippen LogP contribution is 2.66. The maximum Gasteiger partial charge on any atom is 0.105 e. The van der Waals surface area contributed by atoms with E-state index in [4.69, 9.17) is 0 Å². The van der Waals surface area contributed by atoms with Gasteiger partial charge in [-0.25, -0.2) is 0 Å². The third kappa shape index (κ3) is 40.4. The van der Waals surface area contributed by atoms with Gasteiger partial charge in [-0.05, 0) is 50.4 Å². The lowest BCUT2D eigenvalue weighted by atomic mass is 9.44. The third-order valence-corrected chi connectivity index (χ3v) is 21.3. The van der Waals surface area contributed by atoms with Gasteiger partial charge in [-0.1, -0.05) is 414 Å². The van der Waals surface area contributed by atoms with Crippen molar-refractivity contribution in [2.45, 2.75) is 478 Å². The Morgan fingerprint density at radius 2 is 0.300 bits per heavy atom. The second kappa shape index (κ2) is 59.3. The van der Waals surface area contributed by atoms with Crippen LogP contribution in [0.2, 0.25) is 0 Å². The highest BCUT2D eigenvalue weighted by Gasteiger charge is 2.65. The zero-order chi connectivity index (χ0) is 58.7. The van der Waals surface area contributed by atoms with Gasteiger partial charge in [0.25, 0.3) is 0 Å². The first-order valence-corrected chi connectivity index (χ1v) is 39.0.